The number of aromatic nitrogens is 1. The summed E-state index contributed by atoms with van der Waals surface area (Å²) >= 11 is 0. The number of nitrogens with one attached hydrogen (secondary N) is 1. The fraction of sp³-hybridized carbons (Fsp3) is 0.154. The molecule has 0 atom stereocenters. The van der Waals surface area contributed by atoms with Crippen LogP contribution in [-0.4, -0.2) is 30.7 Å². The molecule has 2 rings (SSSR count). The molecule has 112 valence electrons. The topological polar surface area (TPSA) is 97.6 Å². The van der Waals surface area contributed by atoms with E-state index in [-0.39, 0.29) is 10.6 Å². The van der Waals surface area contributed by atoms with Gasteiger partial charge in [0.05, 0.1) is 5.69 Å². The van der Waals surface area contributed by atoms with Gasteiger partial charge < -0.3 is 14.4 Å². The Kier molecular flexibility index (Phi) is 4.18. The maximum absolute atomic E-state index is 12.1. The van der Waals surface area contributed by atoms with Crippen LogP contribution >= 0.6 is 0 Å². The zero-order valence-electron chi connectivity index (χ0n) is 11.2. The Morgan fingerprint density at radius 3 is 2.76 bits per heavy atom. The van der Waals surface area contributed by atoms with Crippen molar-refractivity contribution in [3.8, 4) is 5.75 Å². The molecule has 0 amide bonds. The first-order valence-electron chi connectivity index (χ1n) is 5.96. The number of carboxylic acid groups (broad SMARTS) is 1. The lowest BCUT2D eigenvalue weighted by molar-refractivity contribution is -0.139. The van der Waals surface area contributed by atoms with Crippen molar-refractivity contribution in [1.82, 2.24) is 4.57 Å². The number of carbonyl (C=O) groups is 1. The van der Waals surface area contributed by atoms with Crippen LogP contribution in [0.25, 0.3) is 0 Å². The minimum atomic E-state index is -3.68. The molecule has 0 saturated carbocycles. The van der Waals surface area contributed by atoms with Gasteiger partial charge in [-0.2, -0.15) is 0 Å². The molecule has 8 heteroatoms. The van der Waals surface area contributed by atoms with Crippen LogP contribution in [0.4, 0.5) is 5.69 Å². The molecule has 2 aromatic rings. The average Bonchev–Trinajstić information content (AvgIpc) is 2.84. The predicted octanol–water partition coefficient (Wildman–Crippen LogP) is 1.29. The van der Waals surface area contributed by atoms with Gasteiger partial charge in [-0.05, 0) is 18.2 Å². The second kappa shape index (κ2) is 5.88. The molecule has 2 N–H and O–H groups in total. The number of sulfonamides is 1. The van der Waals surface area contributed by atoms with Crippen LogP contribution in [0.15, 0.2) is 47.6 Å². The van der Waals surface area contributed by atoms with E-state index in [0.29, 0.717) is 5.69 Å². The van der Waals surface area contributed by atoms with E-state index in [4.69, 9.17) is 9.84 Å². The molecule has 0 radical (unpaired) electrons. The number of anilines is 1. The summed E-state index contributed by atoms with van der Waals surface area (Å²) in [4.78, 5) is 10.6. The third kappa shape index (κ3) is 3.99. The molecule has 1 aromatic carbocycles. The number of benzene rings is 1. The lowest BCUT2D eigenvalue weighted by Crippen LogP contribution is -2.13. The SMILES string of the molecule is Cn1ccc(S(=O)(=O)Nc2cccc(OCC(=O)O)c2)c1. The molecule has 1 heterocycles. The van der Waals surface area contributed by atoms with Crippen LogP contribution < -0.4 is 9.46 Å². The van der Waals surface area contributed by atoms with Crippen molar-refractivity contribution in [3.05, 3.63) is 42.7 Å². The first-order chi connectivity index (χ1) is 9.87. The number of aliphatic carboxylic acids is 1. The van der Waals surface area contributed by atoms with E-state index < -0.39 is 22.6 Å². The van der Waals surface area contributed by atoms with Crippen LogP contribution in [0.3, 0.4) is 0 Å². The van der Waals surface area contributed by atoms with Gasteiger partial charge in [0.2, 0.25) is 0 Å². The molecule has 0 saturated heterocycles. The summed E-state index contributed by atoms with van der Waals surface area (Å²) in [6.07, 6.45) is 3.11. The Labute approximate surface area is 121 Å². The Morgan fingerprint density at radius 2 is 2.14 bits per heavy atom. The number of rotatable bonds is 6. The molecule has 0 aliphatic rings. The zero-order chi connectivity index (χ0) is 15.5. The maximum atomic E-state index is 12.1. The van der Waals surface area contributed by atoms with Gasteiger partial charge in [0, 0.05) is 25.5 Å². The number of hydrogen-bond acceptors (Lipinski definition) is 4. The summed E-state index contributed by atoms with van der Waals surface area (Å²) in [6.45, 7) is -0.491. The molecule has 0 fully saturated rings. The van der Waals surface area contributed by atoms with Gasteiger partial charge in [-0.3, -0.25) is 4.72 Å². The molecule has 1 aromatic heterocycles. The van der Waals surface area contributed by atoms with Gasteiger partial charge >= 0.3 is 5.97 Å². The van der Waals surface area contributed by atoms with Gasteiger partial charge in [-0.15, -0.1) is 0 Å². The highest BCUT2D eigenvalue weighted by Crippen LogP contribution is 2.21. The van der Waals surface area contributed by atoms with Crippen LogP contribution in [0.5, 0.6) is 5.75 Å². The smallest absolute Gasteiger partial charge is 0.341 e. The number of hydrogen-bond donors (Lipinski definition) is 2. The summed E-state index contributed by atoms with van der Waals surface area (Å²) in [5.41, 5.74) is 0.293. The predicted molar refractivity (Wildman–Crippen MR) is 75.8 cm³/mol. The molecule has 21 heavy (non-hydrogen) atoms. The van der Waals surface area contributed by atoms with Crippen molar-refractivity contribution in [2.24, 2.45) is 7.05 Å². The van der Waals surface area contributed by atoms with E-state index >= 15 is 0 Å². The number of ether oxygens (including phenoxy) is 1. The summed E-state index contributed by atoms with van der Waals surface area (Å²) in [5, 5.41) is 8.54. The Balaban J connectivity index is 2.16. The van der Waals surface area contributed by atoms with E-state index in [0.717, 1.165) is 0 Å². The van der Waals surface area contributed by atoms with Crippen LogP contribution in [0, 0.1) is 0 Å². The minimum absolute atomic E-state index is 0.141. The highest BCUT2D eigenvalue weighted by Gasteiger charge is 2.15. The molecule has 0 aliphatic carbocycles. The fourth-order valence-corrected chi connectivity index (χ4v) is 2.75. The first kappa shape index (κ1) is 14.9. The van der Waals surface area contributed by atoms with Crippen LogP contribution in [0.2, 0.25) is 0 Å². The summed E-state index contributed by atoms with van der Waals surface area (Å²) in [6, 6.07) is 7.56. The highest BCUT2D eigenvalue weighted by atomic mass is 32.2. The largest absolute Gasteiger partial charge is 0.482 e. The lowest BCUT2D eigenvalue weighted by Gasteiger charge is -2.08. The summed E-state index contributed by atoms with van der Waals surface area (Å²) in [7, 11) is -1.96. The van der Waals surface area contributed by atoms with Crippen molar-refractivity contribution in [1.29, 1.82) is 0 Å². The normalized spacial score (nSPS) is 11.1. The Hall–Kier alpha value is -2.48. The van der Waals surface area contributed by atoms with E-state index in [2.05, 4.69) is 4.72 Å². The highest BCUT2D eigenvalue weighted by molar-refractivity contribution is 7.92. The third-order valence-electron chi connectivity index (χ3n) is 2.56. The van der Waals surface area contributed by atoms with Crippen LogP contribution in [-0.2, 0) is 21.9 Å². The van der Waals surface area contributed by atoms with Gasteiger partial charge in [0.15, 0.2) is 6.61 Å². The number of nitrogens with zero attached hydrogens (tertiary/aromatic N) is 1. The van der Waals surface area contributed by atoms with Crippen molar-refractivity contribution in [3.63, 3.8) is 0 Å². The van der Waals surface area contributed by atoms with Gasteiger partial charge in [-0.1, -0.05) is 6.07 Å². The summed E-state index contributed by atoms with van der Waals surface area (Å²) < 4.78 is 33.3. The second-order valence-corrected chi connectivity index (χ2v) is 6.01. The first-order valence-corrected chi connectivity index (χ1v) is 7.44. The van der Waals surface area contributed by atoms with Crippen molar-refractivity contribution < 1.29 is 23.1 Å². The van der Waals surface area contributed by atoms with Crippen molar-refractivity contribution in [2.75, 3.05) is 11.3 Å². The average molecular weight is 310 g/mol. The standard InChI is InChI=1S/C13H14N2O5S/c1-15-6-5-12(8-15)21(18,19)14-10-3-2-4-11(7-10)20-9-13(16)17/h2-8,14H,9H2,1H3,(H,16,17). The minimum Gasteiger partial charge on any atom is -0.482 e. The van der Waals surface area contributed by atoms with E-state index in [1.165, 1.54) is 18.3 Å². The molecule has 7 nitrogen and oxygen atoms in total. The number of carboxylic acids is 1. The Bertz CT molecular complexity index is 751. The van der Waals surface area contributed by atoms with E-state index in [1.54, 1.807) is 36.0 Å². The lowest BCUT2D eigenvalue weighted by atomic mass is 10.3. The van der Waals surface area contributed by atoms with Crippen LogP contribution in [0.1, 0.15) is 0 Å². The molecule has 0 bridgehead atoms. The third-order valence-corrected chi connectivity index (χ3v) is 3.93. The zero-order valence-corrected chi connectivity index (χ0v) is 12.0. The Morgan fingerprint density at radius 1 is 1.38 bits per heavy atom. The quantitative estimate of drug-likeness (QED) is 0.838. The van der Waals surface area contributed by atoms with Crippen molar-refractivity contribution >= 4 is 21.7 Å². The summed E-state index contributed by atoms with van der Waals surface area (Å²) in [5.74, 6) is -0.837. The molecular formula is C13H14N2O5S. The van der Waals surface area contributed by atoms with Gasteiger partial charge in [0.1, 0.15) is 10.6 Å². The van der Waals surface area contributed by atoms with E-state index in [1.807, 2.05) is 0 Å². The molecule has 0 aliphatic heterocycles. The second-order valence-electron chi connectivity index (χ2n) is 4.33. The van der Waals surface area contributed by atoms with E-state index in [9.17, 15) is 13.2 Å². The molecule has 0 unspecified atom stereocenters. The maximum Gasteiger partial charge on any atom is 0.341 e. The molecular weight excluding hydrogens is 296 g/mol. The fourth-order valence-electron chi connectivity index (χ4n) is 1.65. The number of aryl methyl sites for hydroxylation is 1. The molecule has 0 spiro atoms. The van der Waals surface area contributed by atoms with Gasteiger partial charge in [-0.25, -0.2) is 13.2 Å². The van der Waals surface area contributed by atoms with Gasteiger partial charge in [0.25, 0.3) is 10.0 Å². The monoisotopic (exact) mass is 310 g/mol. The van der Waals surface area contributed by atoms with Crippen molar-refractivity contribution in [2.45, 2.75) is 4.90 Å².